The van der Waals surface area contributed by atoms with E-state index in [9.17, 15) is 14.4 Å². The zero-order valence-corrected chi connectivity index (χ0v) is 17.1. The third-order valence-electron chi connectivity index (χ3n) is 5.26. The minimum absolute atomic E-state index is 0.161. The van der Waals surface area contributed by atoms with Gasteiger partial charge in [-0.1, -0.05) is 18.2 Å². The maximum absolute atomic E-state index is 12.9. The van der Waals surface area contributed by atoms with Gasteiger partial charge >= 0.3 is 5.97 Å². The van der Waals surface area contributed by atoms with Gasteiger partial charge in [-0.2, -0.15) is 0 Å². The largest absolute Gasteiger partial charge is 0.451 e. The van der Waals surface area contributed by atoms with E-state index in [1.807, 2.05) is 26.0 Å². The first-order valence-corrected chi connectivity index (χ1v) is 9.81. The molecule has 2 heterocycles. The van der Waals surface area contributed by atoms with Crippen LogP contribution in [0.25, 0.3) is 10.9 Å². The van der Waals surface area contributed by atoms with E-state index in [0.717, 1.165) is 22.0 Å². The number of nitrogens with one attached hydrogen (secondary N) is 2. The zero-order valence-electron chi connectivity index (χ0n) is 17.1. The van der Waals surface area contributed by atoms with Crippen molar-refractivity contribution in [1.29, 1.82) is 0 Å². The molecule has 0 saturated carbocycles. The number of nitrogens with zero attached hydrogens (tertiary/aromatic N) is 1. The van der Waals surface area contributed by atoms with Crippen LogP contribution in [0.1, 0.15) is 35.0 Å². The second kappa shape index (κ2) is 7.67. The van der Waals surface area contributed by atoms with Crippen molar-refractivity contribution < 1.29 is 19.1 Å². The average Bonchev–Trinajstić information content (AvgIpc) is 3.06. The van der Waals surface area contributed by atoms with Crippen molar-refractivity contribution in [2.45, 2.75) is 33.2 Å². The fourth-order valence-electron chi connectivity index (χ4n) is 3.95. The van der Waals surface area contributed by atoms with Crippen LogP contribution in [0.5, 0.6) is 0 Å². The molecule has 1 aromatic heterocycles. The summed E-state index contributed by atoms with van der Waals surface area (Å²) in [5.41, 5.74) is 4.46. The number of aromatic amines is 1. The summed E-state index contributed by atoms with van der Waals surface area (Å²) in [6.07, 6.45) is 0.162. The lowest BCUT2D eigenvalue weighted by Crippen LogP contribution is -2.41. The maximum Gasteiger partial charge on any atom is 0.355 e. The van der Waals surface area contributed by atoms with E-state index in [-0.39, 0.29) is 24.3 Å². The smallest absolute Gasteiger partial charge is 0.355 e. The van der Waals surface area contributed by atoms with Gasteiger partial charge in [0.25, 0.3) is 5.91 Å². The Balaban J connectivity index is 1.52. The highest BCUT2D eigenvalue weighted by atomic mass is 16.5. The lowest BCUT2D eigenvalue weighted by molar-refractivity contribution is -0.122. The van der Waals surface area contributed by atoms with E-state index in [4.69, 9.17) is 4.74 Å². The quantitative estimate of drug-likeness (QED) is 0.650. The number of hydrogen-bond acceptors (Lipinski definition) is 4. The molecule has 2 amide bonds. The number of H-pyrrole nitrogens is 1. The molecule has 0 spiro atoms. The lowest BCUT2D eigenvalue weighted by atomic mass is 10.1. The van der Waals surface area contributed by atoms with Gasteiger partial charge in [-0.3, -0.25) is 9.59 Å². The number of rotatable bonds is 3. The minimum Gasteiger partial charge on any atom is -0.451 e. The molecule has 2 N–H and O–H groups in total. The Bertz CT molecular complexity index is 1160. The van der Waals surface area contributed by atoms with Gasteiger partial charge in [-0.25, -0.2) is 4.79 Å². The van der Waals surface area contributed by atoms with E-state index in [0.29, 0.717) is 17.1 Å². The Kier molecular flexibility index (Phi) is 5.03. The number of benzene rings is 2. The second-order valence-electron chi connectivity index (χ2n) is 7.68. The number of carbonyl (C=O) groups excluding carboxylic acids is 3. The van der Waals surface area contributed by atoms with Crippen molar-refractivity contribution in [1.82, 2.24) is 4.98 Å². The van der Waals surface area contributed by atoms with E-state index in [2.05, 4.69) is 10.3 Å². The van der Waals surface area contributed by atoms with Gasteiger partial charge in [0.1, 0.15) is 5.69 Å². The predicted octanol–water partition coefficient (Wildman–Crippen LogP) is 3.71. The van der Waals surface area contributed by atoms with Crippen molar-refractivity contribution in [2.75, 3.05) is 16.8 Å². The Morgan fingerprint density at radius 3 is 2.73 bits per heavy atom. The number of aryl methyl sites for hydroxylation is 2. The third-order valence-corrected chi connectivity index (χ3v) is 5.26. The predicted molar refractivity (Wildman–Crippen MR) is 115 cm³/mol. The fraction of sp³-hybridized carbons (Fsp3) is 0.261. The highest BCUT2D eigenvalue weighted by Gasteiger charge is 2.30. The summed E-state index contributed by atoms with van der Waals surface area (Å²) in [5.74, 6) is -1.14. The number of esters is 1. The first kappa shape index (κ1) is 19.7. The maximum atomic E-state index is 12.9. The van der Waals surface area contributed by atoms with Crippen LogP contribution in [-0.2, 0) is 14.3 Å². The van der Waals surface area contributed by atoms with E-state index in [1.165, 1.54) is 4.90 Å². The van der Waals surface area contributed by atoms with Crippen molar-refractivity contribution >= 4 is 40.1 Å². The summed E-state index contributed by atoms with van der Waals surface area (Å²) in [5, 5.41) is 3.75. The van der Waals surface area contributed by atoms with Gasteiger partial charge in [0, 0.05) is 23.4 Å². The van der Waals surface area contributed by atoms with Crippen molar-refractivity contribution in [2.24, 2.45) is 0 Å². The molecule has 3 aromatic rings. The number of anilines is 2. The van der Waals surface area contributed by atoms with Crippen LogP contribution >= 0.6 is 0 Å². The molecule has 30 heavy (non-hydrogen) atoms. The van der Waals surface area contributed by atoms with Crippen molar-refractivity contribution in [3.8, 4) is 0 Å². The molecule has 0 saturated heterocycles. The highest BCUT2D eigenvalue weighted by Crippen LogP contribution is 2.31. The Morgan fingerprint density at radius 1 is 1.17 bits per heavy atom. The topological polar surface area (TPSA) is 91.5 Å². The summed E-state index contributed by atoms with van der Waals surface area (Å²) < 4.78 is 5.31. The zero-order chi connectivity index (χ0) is 21.4. The van der Waals surface area contributed by atoms with E-state index < -0.39 is 12.6 Å². The van der Waals surface area contributed by atoms with E-state index in [1.54, 1.807) is 37.3 Å². The van der Waals surface area contributed by atoms with Gasteiger partial charge in [0.05, 0.1) is 11.4 Å². The van der Waals surface area contributed by atoms with Crippen LogP contribution < -0.4 is 10.2 Å². The molecule has 7 nitrogen and oxygen atoms in total. The normalized spacial score (nSPS) is 16.0. The molecule has 1 aliphatic rings. The monoisotopic (exact) mass is 405 g/mol. The van der Waals surface area contributed by atoms with Gasteiger partial charge in [0.2, 0.25) is 5.91 Å². The number of ether oxygens (including phenoxy) is 1. The third kappa shape index (κ3) is 3.66. The van der Waals surface area contributed by atoms with Gasteiger partial charge in [-0.15, -0.1) is 0 Å². The lowest BCUT2D eigenvalue weighted by Gasteiger charge is -2.27. The van der Waals surface area contributed by atoms with Crippen LogP contribution in [0.3, 0.4) is 0 Å². The molecule has 0 aliphatic carbocycles. The molecular formula is C23H23N3O4. The van der Waals surface area contributed by atoms with E-state index >= 15 is 0 Å². The summed E-state index contributed by atoms with van der Waals surface area (Å²) in [4.78, 5) is 42.1. The van der Waals surface area contributed by atoms with Crippen molar-refractivity contribution in [3.63, 3.8) is 0 Å². The molecule has 1 unspecified atom stereocenters. The average molecular weight is 405 g/mol. The SMILES string of the molecule is Cc1cc(C)c2cc(C(=O)OCC(=O)N3c4ccccc4NC(=O)CC3C)[nH]c2c1. The molecule has 4 rings (SSSR count). The number of fused-ring (bicyclic) bond motifs is 2. The molecule has 1 aliphatic heterocycles. The standard InChI is InChI=1S/C23H23N3O4/c1-13-8-14(2)16-11-19(24-18(16)9-13)23(29)30-12-22(28)26-15(3)10-21(27)25-17-6-4-5-7-20(17)26/h4-9,11,15,24H,10,12H2,1-3H3,(H,25,27). The number of aromatic nitrogens is 1. The molecule has 0 radical (unpaired) electrons. The molecular weight excluding hydrogens is 382 g/mol. The van der Waals surface area contributed by atoms with Gasteiger partial charge in [0.15, 0.2) is 6.61 Å². The van der Waals surface area contributed by atoms with Crippen LogP contribution in [0, 0.1) is 13.8 Å². The summed E-state index contributed by atoms with van der Waals surface area (Å²) in [6, 6.07) is 12.5. The Labute approximate surface area is 174 Å². The Hall–Kier alpha value is -3.61. The van der Waals surface area contributed by atoms with Gasteiger partial charge in [-0.05, 0) is 56.2 Å². The van der Waals surface area contributed by atoms with Crippen LogP contribution in [-0.4, -0.2) is 35.4 Å². The number of para-hydroxylation sites is 2. The minimum atomic E-state index is -0.596. The summed E-state index contributed by atoms with van der Waals surface area (Å²) >= 11 is 0. The molecule has 154 valence electrons. The molecule has 0 bridgehead atoms. The Morgan fingerprint density at radius 2 is 1.93 bits per heavy atom. The molecule has 2 aromatic carbocycles. The first-order chi connectivity index (χ1) is 14.3. The number of hydrogen-bond donors (Lipinski definition) is 2. The fourth-order valence-corrected chi connectivity index (χ4v) is 3.95. The van der Waals surface area contributed by atoms with Crippen LogP contribution in [0.4, 0.5) is 11.4 Å². The number of carbonyl (C=O) groups is 3. The summed E-state index contributed by atoms with van der Waals surface area (Å²) in [6.45, 7) is 5.35. The number of amides is 2. The van der Waals surface area contributed by atoms with Crippen molar-refractivity contribution in [3.05, 3.63) is 59.3 Å². The van der Waals surface area contributed by atoms with Gasteiger partial charge < -0.3 is 19.9 Å². The second-order valence-corrected chi connectivity index (χ2v) is 7.68. The van der Waals surface area contributed by atoms with Crippen LogP contribution in [0.15, 0.2) is 42.5 Å². The highest BCUT2D eigenvalue weighted by molar-refractivity contribution is 6.05. The molecule has 1 atom stereocenters. The molecule has 0 fully saturated rings. The molecule has 7 heteroatoms. The van der Waals surface area contributed by atoms with Crippen LogP contribution in [0.2, 0.25) is 0 Å². The first-order valence-electron chi connectivity index (χ1n) is 9.81. The summed E-state index contributed by atoms with van der Waals surface area (Å²) in [7, 11) is 0.